The van der Waals surface area contributed by atoms with Crippen LogP contribution in [0.4, 0.5) is 0 Å². The first-order valence-electron chi connectivity index (χ1n) is 4.60. The Labute approximate surface area is 83.4 Å². The lowest BCUT2D eigenvalue weighted by atomic mass is 10.2. The molecule has 1 amide bonds. The number of carbonyl (C=O) groups is 2. The van der Waals surface area contributed by atoms with Gasteiger partial charge >= 0.3 is 5.97 Å². The Morgan fingerprint density at radius 1 is 1.50 bits per heavy atom. The molecule has 0 unspecified atom stereocenters. The minimum Gasteiger partial charge on any atom is -0.464 e. The van der Waals surface area contributed by atoms with E-state index in [1.165, 1.54) is 13.8 Å². The molecule has 0 aromatic heterocycles. The average molecular weight is 203 g/mol. The number of rotatable bonds is 5. The topological polar surface area (TPSA) is 75.6 Å². The largest absolute Gasteiger partial charge is 0.464 e. The zero-order valence-corrected chi connectivity index (χ0v) is 8.74. The van der Waals surface area contributed by atoms with Gasteiger partial charge in [-0.2, -0.15) is 0 Å². The molecular formula is C9H17NO4. The van der Waals surface area contributed by atoms with Gasteiger partial charge in [0.1, 0.15) is 0 Å². The van der Waals surface area contributed by atoms with Gasteiger partial charge in [0.05, 0.1) is 12.7 Å². The molecule has 14 heavy (non-hydrogen) atoms. The molecule has 0 aliphatic carbocycles. The Hall–Kier alpha value is -1.10. The van der Waals surface area contributed by atoms with Gasteiger partial charge in [0.15, 0.2) is 6.04 Å². The molecule has 0 saturated carbocycles. The van der Waals surface area contributed by atoms with Gasteiger partial charge in [0.2, 0.25) is 5.91 Å². The van der Waals surface area contributed by atoms with Crippen molar-refractivity contribution in [3.63, 3.8) is 0 Å². The summed E-state index contributed by atoms with van der Waals surface area (Å²) in [5, 5.41) is 11.5. The fourth-order valence-corrected chi connectivity index (χ4v) is 0.888. The van der Waals surface area contributed by atoms with Crippen molar-refractivity contribution in [1.82, 2.24) is 5.32 Å². The molecule has 0 fully saturated rings. The van der Waals surface area contributed by atoms with Crippen LogP contribution < -0.4 is 5.32 Å². The molecule has 2 atom stereocenters. The first-order valence-corrected chi connectivity index (χ1v) is 4.60. The number of aliphatic hydroxyl groups is 1. The highest BCUT2D eigenvalue weighted by atomic mass is 16.5. The van der Waals surface area contributed by atoms with Crippen molar-refractivity contribution in [1.29, 1.82) is 0 Å². The average Bonchev–Trinajstić information content (AvgIpc) is 2.09. The third-order valence-corrected chi connectivity index (χ3v) is 1.54. The molecule has 0 bridgehead atoms. The molecule has 0 spiro atoms. The predicted molar refractivity (Wildman–Crippen MR) is 50.5 cm³/mol. The fourth-order valence-electron chi connectivity index (χ4n) is 0.888. The summed E-state index contributed by atoms with van der Waals surface area (Å²) < 4.78 is 4.80. The van der Waals surface area contributed by atoms with Crippen LogP contribution in [0.2, 0.25) is 0 Å². The van der Waals surface area contributed by atoms with E-state index >= 15 is 0 Å². The number of aliphatic hydroxyl groups excluding tert-OH is 1. The lowest BCUT2D eigenvalue weighted by Gasteiger charge is -2.18. The van der Waals surface area contributed by atoms with E-state index in [-0.39, 0.29) is 5.91 Å². The van der Waals surface area contributed by atoms with Gasteiger partial charge in [0, 0.05) is 6.92 Å². The zero-order valence-electron chi connectivity index (χ0n) is 8.74. The highest BCUT2D eigenvalue weighted by Gasteiger charge is 2.25. The van der Waals surface area contributed by atoms with Crippen LogP contribution in [-0.2, 0) is 14.3 Å². The molecule has 5 nitrogen and oxygen atoms in total. The Kier molecular flexibility index (Phi) is 5.87. The minimum absolute atomic E-state index is 0.293. The Morgan fingerprint density at radius 2 is 2.07 bits per heavy atom. The quantitative estimate of drug-likeness (QED) is 0.608. The first-order chi connectivity index (χ1) is 6.49. The van der Waals surface area contributed by atoms with E-state index < -0.39 is 18.1 Å². The normalized spacial score (nSPS) is 14.3. The Morgan fingerprint density at radius 3 is 2.43 bits per heavy atom. The van der Waals surface area contributed by atoms with Crippen LogP contribution >= 0.6 is 0 Å². The van der Waals surface area contributed by atoms with Crippen molar-refractivity contribution in [3.05, 3.63) is 0 Å². The molecule has 0 saturated heterocycles. The molecule has 82 valence electrons. The smallest absolute Gasteiger partial charge is 0.331 e. The molecule has 0 radical (unpaired) electrons. The van der Waals surface area contributed by atoms with E-state index in [2.05, 4.69) is 5.32 Å². The van der Waals surface area contributed by atoms with Gasteiger partial charge in [-0.1, -0.05) is 6.92 Å². The summed E-state index contributed by atoms with van der Waals surface area (Å²) in [6.45, 7) is 4.86. The molecule has 0 rings (SSSR count). The minimum atomic E-state index is -0.973. The van der Waals surface area contributed by atoms with Crippen molar-refractivity contribution in [2.24, 2.45) is 0 Å². The van der Waals surface area contributed by atoms with Crippen molar-refractivity contribution >= 4 is 11.9 Å². The summed E-state index contributed by atoms with van der Waals surface area (Å²) in [6, 6.07) is -0.973. The third-order valence-electron chi connectivity index (χ3n) is 1.54. The first kappa shape index (κ1) is 12.9. The van der Waals surface area contributed by atoms with Crippen molar-refractivity contribution in [3.8, 4) is 0 Å². The summed E-state index contributed by atoms with van der Waals surface area (Å²) >= 11 is 0. The summed E-state index contributed by atoms with van der Waals surface area (Å²) in [5.74, 6) is -0.971. The molecule has 0 aliphatic heterocycles. The molecular weight excluding hydrogens is 186 g/mol. The summed E-state index contributed by atoms with van der Waals surface area (Å²) in [4.78, 5) is 22.0. The zero-order chi connectivity index (χ0) is 11.1. The van der Waals surface area contributed by atoms with E-state index in [1.807, 2.05) is 6.92 Å². The second-order valence-corrected chi connectivity index (χ2v) is 3.09. The maximum absolute atomic E-state index is 11.3. The summed E-state index contributed by atoms with van der Waals surface area (Å²) in [5.41, 5.74) is 0. The number of carbonyl (C=O) groups excluding carboxylic acids is 2. The van der Waals surface area contributed by atoms with Crippen molar-refractivity contribution < 1.29 is 19.4 Å². The molecule has 2 N–H and O–H groups in total. The SMILES string of the molecule is CCCOC(=O)[C@@H](NC(C)=O)[C@@H](C)O. The standard InChI is InChI=1S/C9H17NO4/c1-4-5-14-9(13)8(6(2)11)10-7(3)12/h6,8,11H,4-5H2,1-3H3,(H,10,12)/t6-,8+/m1/s1. The van der Waals surface area contributed by atoms with Crippen LogP contribution in [0.5, 0.6) is 0 Å². The van der Waals surface area contributed by atoms with Gasteiger partial charge in [-0.05, 0) is 13.3 Å². The second-order valence-electron chi connectivity index (χ2n) is 3.09. The van der Waals surface area contributed by atoms with Crippen LogP contribution in [0.1, 0.15) is 27.2 Å². The van der Waals surface area contributed by atoms with Gasteiger partial charge in [-0.15, -0.1) is 0 Å². The van der Waals surface area contributed by atoms with Crippen molar-refractivity contribution in [2.75, 3.05) is 6.61 Å². The lowest BCUT2D eigenvalue weighted by Crippen LogP contribution is -2.47. The van der Waals surface area contributed by atoms with E-state index in [0.717, 1.165) is 0 Å². The molecule has 0 heterocycles. The van der Waals surface area contributed by atoms with Crippen LogP contribution in [-0.4, -0.2) is 35.7 Å². The second kappa shape index (κ2) is 6.37. The number of nitrogens with one attached hydrogen (secondary N) is 1. The highest BCUT2D eigenvalue weighted by molar-refractivity contribution is 5.83. The van der Waals surface area contributed by atoms with Crippen LogP contribution in [0, 0.1) is 0 Å². The number of amides is 1. The van der Waals surface area contributed by atoms with E-state index in [9.17, 15) is 14.7 Å². The van der Waals surface area contributed by atoms with E-state index in [4.69, 9.17) is 4.74 Å². The maximum atomic E-state index is 11.3. The molecule has 0 aromatic carbocycles. The van der Waals surface area contributed by atoms with E-state index in [0.29, 0.717) is 13.0 Å². The number of hydrogen-bond donors (Lipinski definition) is 2. The number of esters is 1. The fraction of sp³-hybridized carbons (Fsp3) is 0.778. The maximum Gasteiger partial charge on any atom is 0.331 e. The molecule has 0 aromatic rings. The van der Waals surface area contributed by atoms with Gasteiger partial charge in [-0.25, -0.2) is 4.79 Å². The summed E-state index contributed by atoms with van der Waals surface area (Å²) in [6.07, 6.45) is -0.249. The van der Waals surface area contributed by atoms with Crippen LogP contribution in [0.15, 0.2) is 0 Å². The summed E-state index contributed by atoms with van der Waals surface area (Å²) in [7, 11) is 0. The van der Waals surface area contributed by atoms with Gasteiger partial charge in [0.25, 0.3) is 0 Å². The number of hydrogen-bond acceptors (Lipinski definition) is 4. The molecule has 0 aliphatic rings. The predicted octanol–water partition coefficient (Wildman–Crippen LogP) is -0.175. The van der Waals surface area contributed by atoms with Crippen LogP contribution in [0.3, 0.4) is 0 Å². The Balaban J connectivity index is 4.19. The van der Waals surface area contributed by atoms with Crippen LogP contribution in [0.25, 0.3) is 0 Å². The van der Waals surface area contributed by atoms with E-state index in [1.54, 1.807) is 0 Å². The van der Waals surface area contributed by atoms with Gasteiger partial charge in [-0.3, -0.25) is 4.79 Å². The lowest BCUT2D eigenvalue weighted by molar-refractivity contribution is -0.150. The number of ether oxygens (including phenoxy) is 1. The Bertz CT molecular complexity index is 203. The molecule has 5 heteroatoms. The highest BCUT2D eigenvalue weighted by Crippen LogP contribution is 1.97. The van der Waals surface area contributed by atoms with Crippen molar-refractivity contribution in [2.45, 2.75) is 39.3 Å². The third kappa shape index (κ3) is 4.81. The monoisotopic (exact) mass is 203 g/mol. The van der Waals surface area contributed by atoms with Gasteiger partial charge < -0.3 is 15.2 Å².